The number of hydrogen-bond donors (Lipinski definition) is 0. The van der Waals surface area contributed by atoms with E-state index in [2.05, 4.69) is 152 Å². The third-order valence-corrected chi connectivity index (χ3v) is 38.2. The molecule has 11 aliphatic carbocycles. The minimum Gasteiger partial charge on any atom is -0.496 e. The summed E-state index contributed by atoms with van der Waals surface area (Å²) in [7, 11) is 9.40. The number of methoxy groups -OCH3 is 6. The molecule has 9 aromatic rings. The molecule has 8 nitrogen and oxygen atoms in total. The van der Waals surface area contributed by atoms with E-state index in [1.54, 1.807) is 89.2 Å². The van der Waals surface area contributed by atoms with Crippen LogP contribution in [-0.2, 0) is 40.6 Å². The van der Waals surface area contributed by atoms with E-state index in [1.165, 1.54) is 49.8 Å². The normalized spacial score (nSPS) is 31.0. The van der Waals surface area contributed by atoms with Crippen molar-refractivity contribution in [3.63, 3.8) is 0 Å². The van der Waals surface area contributed by atoms with E-state index in [0.29, 0.717) is 78.4 Å². The smallest absolute Gasteiger partial charge is 0.380 e. The van der Waals surface area contributed by atoms with Gasteiger partial charge in [0.15, 0.2) is 19.7 Å². The van der Waals surface area contributed by atoms with Crippen LogP contribution in [-0.4, -0.2) is 80.2 Å². The lowest BCUT2D eigenvalue weighted by Crippen LogP contribution is -2.56. The lowest BCUT2D eigenvalue weighted by Gasteiger charge is -2.63. The molecule has 0 spiro atoms. The Bertz CT molecular complexity index is 6820. The van der Waals surface area contributed by atoms with Crippen molar-refractivity contribution in [2.24, 2.45) is 23.7 Å². The average molecular weight is 1770 g/mol. The lowest BCUT2D eigenvalue weighted by atomic mass is 9.41. The number of fused-ring (bicyclic) bond motifs is 9. The molecule has 9 saturated carbocycles. The summed E-state index contributed by atoms with van der Waals surface area (Å²) in [5.74, 6) is 1.91. The molecule has 4 aliphatic heterocycles. The number of rotatable bonds is 14. The number of hydrogen-bond acceptors (Lipinski definition) is 12. The zero-order chi connectivity index (χ0) is 87.9. The van der Waals surface area contributed by atoms with Gasteiger partial charge in [-0.25, -0.2) is 0 Å². The van der Waals surface area contributed by atoms with Crippen molar-refractivity contribution in [1.29, 1.82) is 10.5 Å². The van der Waals surface area contributed by atoms with Gasteiger partial charge in [0.1, 0.15) is 23.6 Å². The zero-order valence-corrected chi connectivity index (χ0v) is 75.3. The molecule has 0 saturated heterocycles. The van der Waals surface area contributed by atoms with E-state index in [9.17, 15) is 10.5 Å². The summed E-state index contributed by atoms with van der Waals surface area (Å²) < 4.78 is 138. The molecular formula is C109H90F6N2O6S4. The lowest BCUT2D eigenvalue weighted by molar-refractivity contribution is -0.258. The van der Waals surface area contributed by atoms with Gasteiger partial charge in [-0.1, -0.05) is 228 Å². The molecule has 0 aromatic heterocycles. The molecule has 9 aromatic carbocycles. The summed E-state index contributed by atoms with van der Waals surface area (Å²) in [6.45, 7) is 7.16. The number of ether oxygens (including phenoxy) is 6. The Hall–Kier alpha value is -10.1. The standard InChI is InChI=1S/C109H90F6N2O6S4/c1-61-89-83(57-116)84(58-117)90-62(2)96(125-106(90,121-8)105(89,120-7)124-95(61)71-19-13-11-14-20-71)73-33-41-77(42-34-73)101-53-67-47-68(54-101)50-99(49-67,59-101)75-37-27-65(28-38-75)31-45-81-79-23-17-26-86(119-6)88(79)82(80-24-18-25-85(118-5)87(80)81)46-32-66-29-39-76(40-30-66)100-51-69-48-70(52-100)56-102(55-69,60-100)78-43-35-74(36-44-78)98-64(4)92-94-93(103(110,111)109(114,115)104(94,112)113)91-63(3)97(72-21-15-12-16-22-72)126-107(91,122-9)108(92,123-10)127-98/h11-30,33-44,67-70H,47-56,59-60H2,1-10H3/t67-,68+,69-,70+,99?,100?,101?,102?,105?,106?,107?,108?. The van der Waals surface area contributed by atoms with Crippen LogP contribution in [0.15, 0.2) is 261 Å². The molecule has 8 unspecified atom stereocenters. The quantitative estimate of drug-likeness (QED) is 0.0588. The number of benzene rings is 9. The first-order chi connectivity index (χ1) is 61.2. The molecule has 24 rings (SSSR count). The van der Waals surface area contributed by atoms with Crippen LogP contribution in [0, 0.1) is 70.0 Å². The summed E-state index contributed by atoms with van der Waals surface area (Å²) in [6.07, 6.45) is 13.2. The molecule has 0 amide bonds. The zero-order valence-electron chi connectivity index (χ0n) is 72.0. The summed E-state index contributed by atoms with van der Waals surface area (Å²) in [4.78, 5) is -3.43. The van der Waals surface area contributed by atoms with Gasteiger partial charge < -0.3 is 28.4 Å². The highest BCUT2D eigenvalue weighted by Crippen LogP contribution is 2.80. The SMILES string of the molecule is COc1cccc2c(C#Cc3ccc(C45C[C@H]6C[C@@H](C4)CC(c4ccc(C7=C(C)C8=C9C(=C%10C(C)=C(c%11ccccc%11)SC%10(OC)C8(OC)S7)C(F)(F)C(F)(F)C9(F)F)cc4)(C6)C5)cc3)c3c(OC)cccc3c(C#Cc3ccc(C45C[C@H]6C[C@@H](C4)CC(c4ccc(C7=C(C)C8=C(C#N)C(C#N)=C9C(C)=C(c%10ccccc%10)SC9(OC)C8(OC)S7)cc4)(C6)C5)cc3)c12. The number of alkyl halides is 6. The highest BCUT2D eigenvalue weighted by atomic mass is 32.2. The van der Waals surface area contributed by atoms with Crippen LogP contribution < -0.4 is 9.47 Å². The Morgan fingerprint density at radius 1 is 0.323 bits per heavy atom. The van der Waals surface area contributed by atoms with Crippen molar-refractivity contribution in [3.05, 3.63) is 328 Å². The molecular weight excluding hydrogens is 1680 g/mol. The Morgan fingerprint density at radius 3 is 0.898 bits per heavy atom. The van der Waals surface area contributed by atoms with Crippen molar-refractivity contribution in [2.75, 3.05) is 42.7 Å². The van der Waals surface area contributed by atoms with Gasteiger partial charge in [-0.05, 0) is 253 Å². The number of thioether (sulfide) groups is 4. The first-order valence-corrected chi connectivity index (χ1v) is 46.9. The predicted octanol–water partition coefficient (Wildman–Crippen LogP) is 26.3. The molecule has 8 bridgehead atoms. The van der Waals surface area contributed by atoms with Gasteiger partial charge in [0.25, 0.3) is 0 Å². The molecule has 18 heteroatoms. The van der Waals surface area contributed by atoms with Crippen molar-refractivity contribution in [2.45, 2.75) is 164 Å². The van der Waals surface area contributed by atoms with Crippen LogP contribution in [0.3, 0.4) is 0 Å². The maximum Gasteiger partial charge on any atom is 0.380 e. The summed E-state index contributed by atoms with van der Waals surface area (Å²) >= 11 is 5.27. The highest BCUT2D eigenvalue weighted by molar-refractivity contribution is 8.14. The Balaban J connectivity index is 0.534. The molecule has 638 valence electrons. The summed E-state index contributed by atoms with van der Waals surface area (Å²) in [6, 6.07) is 71.7. The van der Waals surface area contributed by atoms with E-state index < -0.39 is 59.8 Å². The minimum atomic E-state index is -5.76. The molecule has 0 N–H and O–H groups in total. The van der Waals surface area contributed by atoms with E-state index in [-0.39, 0.29) is 32.8 Å². The second-order valence-electron chi connectivity index (χ2n) is 37.6. The topological polar surface area (TPSA) is 103 Å². The van der Waals surface area contributed by atoms with E-state index in [1.807, 2.05) is 61.5 Å². The average Bonchev–Trinajstić information content (AvgIpc) is 1.47. The fourth-order valence-electron chi connectivity index (χ4n) is 26.9. The van der Waals surface area contributed by atoms with Gasteiger partial charge in [0.2, 0.25) is 0 Å². The maximum atomic E-state index is 16.8. The monoisotopic (exact) mass is 1760 g/mol. The van der Waals surface area contributed by atoms with Gasteiger partial charge in [0, 0.05) is 125 Å². The summed E-state index contributed by atoms with van der Waals surface area (Å²) in [5.41, 5.74) is 12.2. The molecule has 0 radical (unpaired) electrons. The van der Waals surface area contributed by atoms with Gasteiger partial charge in [-0.2, -0.15) is 36.9 Å². The maximum absolute atomic E-state index is 16.8. The van der Waals surface area contributed by atoms with Crippen LogP contribution >= 0.6 is 47.0 Å². The Labute approximate surface area is 753 Å². The largest absolute Gasteiger partial charge is 0.496 e. The second-order valence-corrected chi connectivity index (χ2v) is 42.3. The molecule has 12 atom stereocenters. The first-order valence-electron chi connectivity index (χ1n) is 43.6. The van der Waals surface area contributed by atoms with Crippen LogP contribution in [0.5, 0.6) is 11.5 Å². The third-order valence-electron chi connectivity index (χ3n) is 31.2. The van der Waals surface area contributed by atoms with Crippen LogP contribution in [0.1, 0.15) is 172 Å². The number of nitriles is 2. The highest BCUT2D eigenvalue weighted by Gasteiger charge is 2.86. The van der Waals surface area contributed by atoms with Crippen LogP contribution in [0.25, 0.3) is 41.2 Å². The summed E-state index contributed by atoms with van der Waals surface area (Å²) in [5, 5.41) is 25.5. The fraction of sp³-hybridized carbons (Fsp3) is 0.339. The van der Waals surface area contributed by atoms with Crippen LogP contribution in [0.4, 0.5) is 26.3 Å². The molecule has 127 heavy (non-hydrogen) atoms. The number of nitrogens with zero attached hydrogens (tertiary/aromatic N) is 2. The van der Waals surface area contributed by atoms with Crippen LogP contribution in [0.2, 0.25) is 0 Å². The Kier molecular flexibility index (Phi) is 18.8. The molecule has 9 fully saturated rings. The number of halogens is 6. The molecule has 4 heterocycles. The first kappa shape index (κ1) is 82.6. The van der Waals surface area contributed by atoms with E-state index in [0.717, 1.165) is 170 Å². The minimum absolute atomic E-state index is 0.00957. The van der Waals surface area contributed by atoms with Crippen molar-refractivity contribution in [3.8, 4) is 47.3 Å². The van der Waals surface area contributed by atoms with Gasteiger partial charge >= 0.3 is 17.8 Å². The van der Waals surface area contributed by atoms with Crippen molar-refractivity contribution < 1.29 is 54.8 Å². The predicted molar refractivity (Wildman–Crippen MR) is 495 cm³/mol. The fourth-order valence-corrected chi connectivity index (χ4v) is 33.6. The van der Waals surface area contributed by atoms with Gasteiger partial charge in [0.05, 0.1) is 25.4 Å². The van der Waals surface area contributed by atoms with Crippen molar-refractivity contribution >= 4 is 88.2 Å². The van der Waals surface area contributed by atoms with Gasteiger partial charge in [-0.3, -0.25) is 0 Å². The van der Waals surface area contributed by atoms with Crippen molar-refractivity contribution in [1.82, 2.24) is 0 Å². The van der Waals surface area contributed by atoms with E-state index in [4.69, 9.17) is 28.4 Å². The number of allylic oxidation sites excluding steroid dienone is 4. The molecule has 15 aliphatic rings. The Morgan fingerprint density at radius 2 is 0.606 bits per heavy atom. The third kappa shape index (κ3) is 11.1. The van der Waals surface area contributed by atoms with E-state index >= 15 is 26.3 Å². The second kappa shape index (κ2) is 29.0. The van der Waals surface area contributed by atoms with Gasteiger partial charge in [-0.15, -0.1) is 0 Å².